The fourth-order valence-electron chi connectivity index (χ4n) is 2.22. The van der Waals surface area contributed by atoms with Gasteiger partial charge in [-0.15, -0.1) is 11.3 Å². The molecule has 0 fully saturated rings. The summed E-state index contributed by atoms with van der Waals surface area (Å²) in [5.74, 6) is 1.35. The number of nitrogens with zero attached hydrogens (tertiary/aromatic N) is 2. The highest BCUT2D eigenvalue weighted by molar-refractivity contribution is 7.19. The summed E-state index contributed by atoms with van der Waals surface area (Å²) in [6.07, 6.45) is 0.934. The van der Waals surface area contributed by atoms with Crippen molar-refractivity contribution in [1.29, 1.82) is 0 Å². The van der Waals surface area contributed by atoms with Gasteiger partial charge in [-0.25, -0.2) is 0 Å². The Hall–Kier alpha value is -1.72. The molecule has 4 nitrogen and oxygen atoms in total. The lowest BCUT2D eigenvalue weighted by atomic mass is 10.2. The summed E-state index contributed by atoms with van der Waals surface area (Å²) in [5, 5.41) is 8.80. The predicted molar refractivity (Wildman–Crippen MR) is 80.7 cm³/mol. The quantitative estimate of drug-likeness (QED) is 0.774. The fraction of sp³-hybridized carbons (Fsp3) is 0.333. The lowest BCUT2D eigenvalue weighted by Crippen LogP contribution is -2.20. The SMILES string of the molecule is CC[C@@H](NCc1cc2ccccc2s1)c1noc(C)n1. The molecule has 5 heteroatoms. The van der Waals surface area contributed by atoms with Gasteiger partial charge in [-0.3, -0.25) is 0 Å². The summed E-state index contributed by atoms with van der Waals surface area (Å²) in [5.41, 5.74) is 0. The van der Waals surface area contributed by atoms with Crippen molar-refractivity contribution < 1.29 is 4.52 Å². The van der Waals surface area contributed by atoms with E-state index in [1.165, 1.54) is 15.0 Å². The van der Waals surface area contributed by atoms with E-state index in [1.807, 2.05) is 18.3 Å². The highest BCUT2D eigenvalue weighted by atomic mass is 32.1. The van der Waals surface area contributed by atoms with Gasteiger partial charge in [0, 0.05) is 23.0 Å². The lowest BCUT2D eigenvalue weighted by Gasteiger charge is -2.11. The Bertz CT molecular complexity index is 671. The molecule has 0 bridgehead atoms. The van der Waals surface area contributed by atoms with Crippen LogP contribution in [0.3, 0.4) is 0 Å². The van der Waals surface area contributed by atoms with Gasteiger partial charge in [-0.05, 0) is 23.9 Å². The van der Waals surface area contributed by atoms with Crippen LogP contribution in [-0.2, 0) is 6.54 Å². The van der Waals surface area contributed by atoms with Crippen LogP contribution in [-0.4, -0.2) is 10.1 Å². The fourth-order valence-corrected chi connectivity index (χ4v) is 3.24. The Morgan fingerprint density at radius 2 is 2.20 bits per heavy atom. The maximum Gasteiger partial charge on any atom is 0.223 e. The van der Waals surface area contributed by atoms with Gasteiger partial charge >= 0.3 is 0 Å². The van der Waals surface area contributed by atoms with Crippen LogP contribution >= 0.6 is 11.3 Å². The van der Waals surface area contributed by atoms with Crippen molar-refractivity contribution in [3.63, 3.8) is 0 Å². The molecule has 3 aromatic rings. The molecule has 0 radical (unpaired) electrons. The largest absolute Gasteiger partial charge is 0.340 e. The minimum atomic E-state index is 0.137. The molecule has 2 heterocycles. The Labute approximate surface area is 121 Å². The molecular formula is C15H17N3OS. The van der Waals surface area contributed by atoms with E-state index in [1.54, 1.807) is 0 Å². The van der Waals surface area contributed by atoms with Gasteiger partial charge in [0.1, 0.15) is 0 Å². The van der Waals surface area contributed by atoms with Crippen LogP contribution in [0.5, 0.6) is 0 Å². The number of aryl methyl sites for hydroxylation is 1. The molecule has 0 spiro atoms. The number of nitrogens with one attached hydrogen (secondary N) is 1. The van der Waals surface area contributed by atoms with Crippen molar-refractivity contribution in [3.8, 4) is 0 Å². The molecule has 0 amide bonds. The first-order valence-electron chi connectivity index (χ1n) is 6.77. The first kappa shape index (κ1) is 13.3. The number of hydrogen-bond donors (Lipinski definition) is 1. The van der Waals surface area contributed by atoms with Gasteiger partial charge < -0.3 is 9.84 Å². The third-order valence-corrected chi connectivity index (χ3v) is 4.38. The van der Waals surface area contributed by atoms with E-state index in [0.29, 0.717) is 5.89 Å². The van der Waals surface area contributed by atoms with Crippen LogP contribution < -0.4 is 5.32 Å². The van der Waals surface area contributed by atoms with E-state index >= 15 is 0 Å². The number of fused-ring (bicyclic) bond motifs is 1. The average Bonchev–Trinajstić information content (AvgIpc) is 3.05. The van der Waals surface area contributed by atoms with Crippen LogP contribution in [0.2, 0.25) is 0 Å². The molecule has 3 rings (SSSR count). The number of benzene rings is 1. The van der Waals surface area contributed by atoms with Gasteiger partial charge in [-0.1, -0.05) is 30.3 Å². The Morgan fingerprint density at radius 3 is 2.90 bits per heavy atom. The topological polar surface area (TPSA) is 51.0 Å². The van der Waals surface area contributed by atoms with E-state index in [0.717, 1.165) is 18.8 Å². The van der Waals surface area contributed by atoms with E-state index in [-0.39, 0.29) is 6.04 Å². The summed E-state index contributed by atoms with van der Waals surface area (Å²) in [7, 11) is 0. The van der Waals surface area contributed by atoms with Crippen molar-refractivity contribution in [2.75, 3.05) is 0 Å². The van der Waals surface area contributed by atoms with Crippen molar-refractivity contribution in [2.45, 2.75) is 32.9 Å². The molecule has 0 saturated heterocycles. The lowest BCUT2D eigenvalue weighted by molar-refractivity contribution is 0.374. The second-order valence-electron chi connectivity index (χ2n) is 4.76. The number of hydrogen-bond acceptors (Lipinski definition) is 5. The molecule has 1 N–H and O–H groups in total. The van der Waals surface area contributed by atoms with Gasteiger partial charge in [0.05, 0.1) is 6.04 Å². The first-order chi connectivity index (χ1) is 9.76. The van der Waals surface area contributed by atoms with Crippen molar-refractivity contribution in [3.05, 3.63) is 46.9 Å². The highest BCUT2D eigenvalue weighted by Gasteiger charge is 2.15. The Kier molecular flexibility index (Phi) is 3.80. The van der Waals surface area contributed by atoms with Crippen LogP contribution in [0, 0.1) is 6.92 Å². The highest BCUT2D eigenvalue weighted by Crippen LogP contribution is 2.25. The van der Waals surface area contributed by atoms with Crippen molar-refractivity contribution >= 4 is 21.4 Å². The van der Waals surface area contributed by atoms with Crippen LogP contribution in [0.25, 0.3) is 10.1 Å². The minimum Gasteiger partial charge on any atom is -0.340 e. The summed E-state index contributed by atoms with van der Waals surface area (Å²) < 4.78 is 6.38. The Balaban J connectivity index is 1.71. The maximum atomic E-state index is 5.05. The molecule has 2 aromatic heterocycles. The van der Waals surface area contributed by atoms with Gasteiger partial charge in [0.25, 0.3) is 0 Å². The monoisotopic (exact) mass is 287 g/mol. The second kappa shape index (κ2) is 5.73. The molecular weight excluding hydrogens is 270 g/mol. The van der Waals surface area contributed by atoms with Crippen LogP contribution in [0.1, 0.15) is 36.0 Å². The van der Waals surface area contributed by atoms with Crippen LogP contribution in [0.4, 0.5) is 0 Å². The number of thiophene rings is 1. The van der Waals surface area contributed by atoms with E-state index < -0.39 is 0 Å². The second-order valence-corrected chi connectivity index (χ2v) is 5.93. The summed E-state index contributed by atoms with van der Waals surface area (Å²) in [6, 6.07) is 10.8. The molecule has 0 unspecified atom stereocenters. The number of aromatic nitrogens is 2. The zero-order chi connectivity index (χ0) is 13.9. The summed E-state index contributed by atoms with van der Waals surface area (Å²) in [6.45, 7) is 4.76. The predicted octanol–water partition coefficient (Wildman–Crippen LogP) is 3.83. The summed E-state index contributed by atoms with van der Waals surface area (Å²) >= 11 is 1.82. The van der Waals surface area contributed by atoms with Gasteiger partial charge in [0.15, 0.2) is 5.82 Å². The van der Waals surface area contributed by atoms with E-state index in [4.69, 9.17) is 4.52 Å². The van der Waals surface area contributed by atoms with Crippen molar-refractivity contribution in [2.24, 2.45) is 0 Å². The molecule has 1 atom stereocenters. The molecule has 0 saturated carbocycles. The molecule has 1 aromatic carbocycles. The zero-order valence-corrected chi connectivity index (χ0v) is 12.4. The van der Waals surface area contributed by atoms with Gasteiger partial charge in [-0.2, -0.15) is 4.98 Å². The standard InChI is InChI=1S/C15H17N3OS/c1-3-13(15-17-10(2)19-18-15)16-9-12-8-11-6-4-5-7-14(11)20-12/h4-8,13,16H,3,9H2,1-2H3/t13-/m1/s1. The third-order valence-electron chi connectivity index (χ3n) is 3.26. The normalized spacial score (nSPS) is 12.9. The molecule has 104 valence electrons. The van der Waals surface area contributed by atoms with Crippen molar-refractivity contribution in [1.82, 2.24) is 15.5 Å². The molecule has 0 aliphatic carbocycles. The third kappa shape index (κ3) is 2.73. The molecule has 0 aliphatic heterocycles. The maximum absolute atomic E-state index is 5.05. The smallest absolute Gasteiger partial charge is 0.223 e. The molecule has 20 heavy (non-hydrogen) atoms. The first-order valence-corrected chi connectivity index (χ1v) is 7.59. The number of rotatable bonds is 5. The minimum absolute atomic E-state index is 0.137. The zero-order valence-electron chi connectivity index (χ0n) is 11.6. The average molecular weight is 287 g/mol. The van der Waals surface area contributed by atoms with Gasteiger partial charge in [0.2, 0.25) is 5.89 Å². The Morgan fingerprint density at radius 1 is 1.35 bits per heavy atom. The van der Waals surface area contributed by atoms with E-state index in [2.05, 4.69) is 52.7 Å². The molecule has 0 aliphatic rings. The summed E-state index contributed by atoms with van der Waals surface area (Å²) in [4.78, 5) is 5.62. The van der Waals surface area contributed by atoms with E-state index in [9.17, 15) is 0 Å². The van der Waals surface area contributed by atoms with Crippen LogP contribution in [0.15, 0.2) is 34.9 Å².